The van der Waals surface area contributed by atoms with E-state index in [1.807, 2.05) is 0 Å². The second-order valence-corrected chi connectivity index (χ2v) is 7.50. The first-order chi connectivity index (χ1) is 10.6. The van der Waals surface area contributed by atoms with Crippen molar-refractivity contribution in [1.82, 2.24) is 0 Å². The van der Waals surface area contributed by atoms with Gasteiger partial charge < -0.3 is 5.73 Å². The zero-order valence-corrected chi connectivity index (χ0v) is 12.9. The number of halogens is 1. The topological polar surface area (TPSA) is 60.2 Å². The molecule has 3 nitrogen and oxygen atoms in total. The van der Waals surface area contributed by atoms with Gasteiger partial charge in [-0.3, -0.25) is 0 Å². The van der Waals surface area contributed by atoms with Crippen molar-refractivity contribution < 1.29 is 12.8 Å². The first-order valence-corrected chi connectivity index (χ1v) is 8.85. The van der Waals surface area contributed by atoms with Crippen molar-refractivity contribution in [1.29, 1.82) is 0 Å². The summed E-state index contributed by atoms with van der Waals surface area (Å²) in [4.78, 5) is -0.129. The van der Waals surface area contributed by atoms with E-state index in [2.05, 4.69) is 0 Å². The number of benzene rings is 2. The van der Waals surface area contributed by atoms with Crippen LogP contribution in [-0.4, -0.2) is 15.0 Å². The normalized spacial score (nSPS) is 18.0. The molecule has 1 aliphatic carbocycles. The Labute approximate surface area is 129 Å². The summed E-state index contributed by atoms with van der Waals surface area (Å²) in [6.07, 6.45) is 2.32. The van der Waals surface area contributed by atoms with Crippen molar-refractivity contribution >= 4 is 9.84 Å². The molecule has 116 valence electrons. The van der Waals surface area contributed by atoms with Crippen molar-refractivity contribution in [2.45, 2.75) is 35.0 Å². The van der Waals surface area contributed by atoms with E-state index in [0.29, 0.717) is 18.5 Å². The van der Waals surface area contributed by atoms with Gasteiger partial charge in [-0.15, -0.1) is 0 Å². The van der Waals surface area contributed by atoms with Crippen molar-refractivity contribution in [2.75, 3.05) is 6.54 Å². The minimum Gasteiger partial charge on any atom is -0.330 e. The monoisotopic (exact) mass is 319 g/mol. The molecule has 2 aromatic carbocycles. The fraction of sp³-hybridized carbons (Fsp3) is 0.294. The smallest absolute Gasteiger partial charge is 0.209 e. The predicted molar refractivity (Wildman–Crippen MR) is 83.0 cm³/mol. The van der Waals surface area contributed by atoms with Gasteiger partial charge >= 0.3 is 0 Å². The van der Waals surface area contributed by atoms with E-state index in [4.69, 9.17) is 5.73 Å². The molecule has 0 aliphatic heterocycles. The summed E-state index contributed by atoms with van der Waals surface area (Å²) >= 11 is 0. The number of fused-ring (bicyclic) bond motifs is 1. The van der Waals surface area contributed by atoms with E-state index in [1.165, 1.54) is 18.2 Å². The lowest BCUT2D eigenvalue weighted by atomic mass is 9.82. The number of rotatable bonds is 3. The molecule has 0 fully saturated rings. The molecular formula is C17H18FNO2S. The molecule has 3 rings (SSSR count). The van der Waals surface area contributed by atoms with E-state index in [0.717, 1.165) is 18.4 Å². The van der Waals surface area contributed by atoms with Gasteiger partial charge in [0.25, 0.3) is 0 Å². The highest BCUT2D eigenvalue weighted by molar-refractivity contribution is 7.91. The molecule has 0 bridgehead atoms. The standard InChI is InChI=1S/C17H18FNO2S/c18-17-15-8-4-5-12(11-19)14(15)9-10-16(17)22(20,21)13-6-2-1-3-7-13/h1-3,6-7,9-10,12H,4-5,8,11,19H2. The van der Waals surface area contributed by atoms with Crippen molar-refractivity contribution in [3.8, 4) is 0 Å². The summed E-state index contributed by atoms with van der Waals surface area (Å²) in [5.41, 5.74) is 7.11. The maximum absolute atomic E-state index is 14.8. The lowest BCUT2D eigenvalue weighted by Crippen LogP contribution is -2.20. The van der Waals surface area contributed by atoms with Gasteiger partial charge in [-0.2, -0.15) is 0 Å². The maximum Gasteiger partial charge on any atom is 0.209 e. The Bertz CT molecular complexity index is 788. The van der Waals surface area contributed by atoms with Gasteiger partial charge in [-0.25, -0.2) is 12.8 Å². The van der Waals surface area contributed by atoms with Gasteiger partial charge in [0, 0.05) is 0 Å². The summed E-state index contributed by atoms with van der Waals surface area (Å²) in [5, 5.41) is 0. The Morgan fingerprint density at radius 3 is 2.55 bits per heavy atom. The van der Waals surface area contributed by atoms with Crippen LogP contribution in [0.4, 0.5) is 4.39 Å². The van der Waals surface area contributed by atoms with Crippen LogP contribution in [0.2, 0.25) is 0 Å². The Morgan fingerprint density at radius 1 is 1.14 bits per heavy atom. The SMILES string of the molecule is NCC1CCCc2c1ccc(S(=O)(=O)c1ccccc1)c2F. The van der Waals surface area contributed by atoms with Crippen LogP contribution in [0, 0.1) is 5.82 Å². The molecule has 2 N–H and O–H groups in total. The molecule has 0 saturated carbocycles. The Morgan fingerprint density at radius 2 is 1.86 bits per heavy atom. The summed E-state index contributed by atoms with van der Waals surface area (Å²) in [6, 6.07) is 11.1. The molecule has 0 amide bonds. The van der Waals surface area contributed by atoms with Crippen LogP contribution in [0.5, 0.6) is 0 Å². The molecule has 0 saturated heterocycles. The molecule has 5 heteroatoms. The zero-order valence-electron chi connectivity index (χ0n) is 12.1. The minimum absolute atomic E-state index is 0.111. The maximum atomic E-state index is 14.8. The number of nitrogens with two attached hydrogens (primary N) is 1. The van der Waals surface area contributed by atoms with Gasteiger partial charge in [0.1, 0.15) is 10.7 Å². The van der Waals surface area contributed by atoms with Crippen LogP contribution in [0.25, 0.3) is 0 Å². The van der Waals surface area contributed by atoms with Gasteiger partial charge in [-0.1, -0.05) is 24.3 Å². The van der Waals surface area contributed by atoms with Gasteiger partial charge in [0.05, 0.1) is 4.90 Å². The third kappa shape index (κ3) is 2.44. The van der Waals surface area contributed by atoms with Crippen molar-refractivity contribution in [3.63, 3.8) is 0 Å². The molecule has 1 atom stereocenters. The summed E-state index contributed by atoms with van der Waals surface area (Å²) in [7, 11) is -3.83. The van der Waals surface area contributed by atoms with E-state index in [1.54, 1.807) is 24.3 Å². The number of hydrogen-bond donors (Lipinski definition) is 1. The third-order valence-electron chi connectivity index (χ3n) is 4.29. The average Bonchev–Trinajstić information content (AvgIpc) is 2.55. The molecule has 0 radical (unpaired) electrons. The van der Waals surface area contributed by atoms with Crippen LogP contribution in [0.15, 0.2) is 52.3 Å². The number of sulfone groups is 1. The van der Waals surface area contributed by atoms with Gasteiger partial charge in [-0.05, 0) is 61.1 Å². The third-order valence-corrected chi connectivity index (χ3v) is 6.08. The van der Waals surface area contributed by atoms with Crippen LogP contribution in [0.1, 0.15) is 29.9 Å². The first kappa shape index (κ1) is 15.2. The van der Waals surface area contributed by atoms with E-state index < -0.39 is 15.7 Å². The number of hydrogen-bond acceptors (Lipinski definition) is 3. The fourth-order valence-corrected chi connectivity index (χ4v) is 4.49. The Hall–Kier alpha value is -1.72. The summed E-state index contributed by atoms with van der Waals surface area (Å²) < 4.78 is 40.1. The van der Waals surface area contributed by atoms with Crippen LogP contribution < -0.4 is 5.73 Å². The van der Waals surface area contributed by atoms with Crippen molar-refractivity contribution in [2.24, 2.45) is 5.73 Å². The van der Waals surface area contributed by atoms with Crippen LogP contribution in [-0.2, 0) is 16.3 Å². The minimum atomic E-state index is -3.83. The molecular weight excluding hydrogens is 301 g/mol. The average molecular weight is 319 g/mol. The molecule has 0 aromatic heterocycles. The fourth-order valence-electron chi connectivity index (χ4n) is 3.11. The molecule has 22 heavy (non-hydrogen) atoms. The van der Waals surface area contributed by atoms with Crippen LogP contribution >= 0.6 is 0 Å². The molecule has 0 heterocycles. The van der Waals surface area contributed by atoms with E-state index >= 15 is 0 Å². The molecule has 2 aromatic rings. The van der Waals surface area contributed by atoms with Crippen LogP contribution in [0.3, 0.4) is 0 Å². The molecule has 1 unspecified atom stereocenters. The predicted octanol–water partition coefficient (Wildman–Crippen LogP) is 3.04. The van der Waals surface area contributed by atoms with E-state index in [9.17, 15) is 12.8 Å². The highest BCUT2D eigenvalue weighted by atomic mass is 32.2. The Balaban J connectivity index is 2.14. The highest BCUT2D eigenvalue weighted by Crippen LogP contribution is 2.36. The second kappa shape index (κ2) is 5.82. The quantitative estimate of drug-likeness (QED) is 0.946. The Kier molecular flexibility index (Phi) is 4.02. The summed E-state index contributed by atoms with van der Waals surface area (Å²) in [6.45, 7) is 0.456. The summed E-state index contributed by atoms with van der Waals surface area (Å²) in [5.74, 6) is -0.494. The highest BCUT2D eigenvalue weighted by Gasteiger charge is 2.28. The largest absolute Gasteiger partial charge is 0.330 e. The first-order valence-electron chi connectivity index (χ1n) is 7.37. The van der Waals surface area contributed by atoms with Crippen molar-refractivity contribution in [3.05, 3.63) is 59.4 Å². The molecule has 0 spiro atoms. The lowest BCUT2D eigenvalue weighted by Gasteiger charge is -2.25. The van der Waals surface area contributed by atoms with E-state index in [-0.39, 0.29) is 15.7 Å². The van der Waals surface area contributed by atoms with Gasteiger partial charge in [0.15, 0.2) is 0 Å². The second-order valence-electron chi connectivity index (χ2n) is 5.59. The zero-order chi connectivity index (χ0) is 15.7. The lowest BCUT2D eigenvalue weighted by molar-refractivity contribution is 0.510. The molecule has 1 aliphatic rings. The van der Waals surface area contributed by atoms with Gasteiger partial charge in [0.2, 0.25) is 9.84 Å².